The van der Waals surface area contributed by atoms with E-state index in [0.717, 1.165) is 19.3 Å². The van der Waals surface area contributed by atoms with Gasteiger partial charge in [-0.1, -0.05) is 123 Å². The number of phosphoric ester groups is 1. The zero-order valence-electron chi connectivity index (χ0n) is 26.8. The number of hydrogen-bond donors (Lipinski definition) is 3. The molecule has 254 valence electrons. The summed E-state index contributed by atoms with van der Waals surface area (Å²) in [5.74, 6) is -2.43. The molecule has 12 heteroatoms. The molecule has 0 aliphatic carbocycles. The van der Waals surface area contributed by atoms with Crippen molar-refractivity contribution in [1.82, 2.24) is 0 Å². The second-order valence-corrected chi connectivity index (χ2v) is 12.8. The Morgan fingerprint density at radius 3 is 1.51 bits per heavy atom. The molecule has 0 aromatic rings. The third-order valence-electron chi connectivity index (χ3n) is 7.07. The van der Waals surface area contributed by atoms with Crippen LogP contribution in [0, 0.1) is 0 Å². The van der Waals surface area contributed by atoms with Crippen LogP contribution in [-0.4, -0.2) is 59.9 Å². The van der Waals surface area contributed by atoms with E-state index in [0.29, 0.717) is 12.8 Å². The summed E-state index contributed by atoms with van der Waals surface area (Å²) in [6, 6.07) is -1.51. The van der Waals surface area contributed by atoms with E-state index >= 15 is 0 Å². The van der Waals surface area contributed by atoms with Crippen molar-refractivity contribution in [2.75, 3.05) is 19.8 Å². The van der Waals surface area contributed by atoms with Crippen LogP contribution < -0.4 is 5.73 Å². The van der Waals surface area contributed by atoms with E-state index in [1.54, 1.807) is 0 Å². The van der Waals surface area contributed by atoms with E-state index in [1.165, 1.54) is 89.9 Å². The molecule has 11 nitrogen and oxygen atoms in total. The summed E-state index contributed by atoms with van der Waals surface area (Å²) in [4.78, 5) is 44.6. The fourth-order valence-corrected chi connectivity index (χ4v) is 5.23. The maximum Gasteiger partial charge on any atom is 0.472 e. The first-order valence-electron chi connectivity index (χ1n) is 16.6. The molecule has 0 aromatic heterocycles. The molecule has 0 aliphatic heterocycles. The second kappa shape index (κ2) is 28.0. The van der Waals surface area contributed by atoms with Gasteiger partial charge in [0, 0.05) is 12.8 Å². The molecule has 3 atom stereocenters. The van der Waals surface area contributed by atoms with Crippen molar-refractivity contribution in [3.63, 3.8) is 0 Å². The number of hydrogen-bond acceptors (Lipinski definition) is 9. The Hall–Kier alpha value is -1.52. The lowest BCUT2D eigenvalue weighted by Crippen LogP contribution is -2.34. The van der Waals surface area contributed by atoms with E-state index in [2.05, 4.69) is 11.4 Å². The molecule has 0 fully saturated rings. The van der Waals surface area contributed by atoms with Gasteiger partial charge in [0.15, 0.2) is 6.10 Å². The van der Waals surface area contributed by atoms with Crippen molar-refractivity contribution in [2.45, 2.75) is 161 Å². The SMILES string of the molecule is CCCCCCCCCCCCCCCCCCCCC(=O)OC(COC(=O)CCC)COP(=O)(O)OCC(N)C(=O)O. The number of carbonyl (C=O) groups is 3. The highest BCUT2D eigenvalue weighted by atomic mass is 31.2. The maximum absolute atomic E-state index is 12.3. The standard InChI is InChI=1S/C31H60NO10P/c1-3-5-6-7-8-9-10-11-12-13-14-15-16-17-18-19-20-21-23-30(34)42-27(24-39-29(33)22-4-2)25-40-43(37,38)41-26-28(32)31(35)36/h27-28H,3-26,32H2,1-2H3,(H,35,36)(H,37,38). The lowest BCUT2D eigenvalue weighted by molar-refractivity contribution is -0.161. The van der Waals surface area contributed by atoms with Gasteiger partial charge in [0.25, 0.3) is 0 Å². The summed E-state index contributed by atoms with van der Waals surface area (Å²) in [5.41, 5.74) is 5.25. The van der Waals surface area contributed by atoms with Gasteiger partial charge in [0.05, 0.1) is 13.2 Å². The molecule has 0 amide bonds. The lowest BCUT2D eigenvalue weighted by atomic mass is 10.0. The van der Waals surface area contributed by atoms with E-state index in [-0.39, 0.29) is 19.4 Å². The summed E-state index contributed by atoms with van der Waals surface area (Å²) in [5, 5.41) is 8.76. The first-order valence-corrected chi connectivity index (χ1v) is 18.1. The summed E-state index contributed by atoms with van der Waals surface area (Å²) in [6.45, 7) is 2.38. The Balaban J connectivity index is 4.05. The van der Waals surface area contributed by atoms with E-state index < -0.39 is 51.1 Å². The first kappa shape index (κ1) is 41.5. The number of nitrogens with two attached hydrogens (primary N) is 1. The van der Waals surface area contributed by atoms with Gasteiger partial charge in [-0.15, -0.1) is 0 Å². The quantitative estimate of drug-likeness (QED) is 0.0398. The number of unbranched alkanes of at least 4 members (excludes halogenated alkanes) is 17. The molecule has 3 unspecified atom stereocenters. The highest BCUT2D eigenvalue weighted by Crippen LogP contribution is 2.43. The Bertz CT molecular complexity index is 767. The zero-order chi connectivity index (χ0) is 32.2. The largest absolute Gasteiger partial charge is 0.480 e. The molecule has 0 spiro atoms. The van der Waals surface area contributed by atoms with Crippen LogP contribution in [0.3, 0.4) is 0 Å². The van der Waals surface area contributed by atoms with Crippen molar-refractivity contribution in [1.29, 1.82) is 0 Å². The smallest absolute Gasteiger partial charge is 0.472 e. The van der Waals surface area contributed by atoms with Crippen molar-refractivity contribution in [3.8, 4) is 0 Å². The minimum absolute atomic E-state index is 0.166. The zero-order valence-corrected chi connectivity index (χ0v) is 27.7. The average molecular weight is 638 g/mol. The van der Waals surface area contributed by atoms with Crippen LogP contribution in [0.2, 0.25) is 0 Å². The summed E-state index contributed by atoms with van der Waals surface area (Å²) in [7, 11) is -4.68. The van der Waals surface area contributed by atoms with Crippen molar-refractivity contribution >= 4 is 25.7 Å². The van der Waals surface area contributed by atoms with Crippen molar-refractivity contribution in [3.05, 3.63) is 0 Å². The molecule has 0 radical (unpaired) electrons. The minimum atomic E-state index is -4.68. The fourth-order valence-electron chi connectivity index (χ4n) is 4.45. The van der Waals surface area contributed by atoms with Gasteiger partial charge in [-0.05, 0) is 12.8 Å². The van der Waals surface area contributed by atoms with Crippen LogP contribution in [0.25, 0.3) is 0 Å². The Morgan fingerprint density at radius 1 is 0.628 bits per heavy atom. The molecule has 0 aliphatic rings. The molecule has 0 aromatic carbocycles. The van der Waals surface area contributed by atoms with E-state index in [4.69, 9.17) is 24.8 Å². The Kier molecular flexibility index (Phi) is 27.0. The third kappa shape index (κ3) is 27.7. The normalized spacial score (nSPS) is 14.1. The minimum Gasteiger partial charge on any atom is -0.480 e. The predicted octanol–water partition coefficient (Wildman–Crippen LogP) is 7.22. The van der Waals surface area contributed by atoms with Gasteiger partial charge in [-0.2, -0.15) is 0 Å². The summed E-state index contributed by atoms with van der Waals surface area (Å²) < 4.78 is 31.8. The average Bonchev–Trinajstić information content (AvgIpc) is 2.96. The second-order valence-electron chi connectivity index (χ2n) is 11.3. The topological polar surface area (TPSA) is 172 Å². The van der Waals surface area contributed by atoms with Gasteiger partial charge >= 0.3 is 25.7 Å². The van der Waals surface area contributed by atoms with Crippen molar-refractivity contribution in [2.24, 2.45) is 5.73 Å². The number of rotatable bonds is 31. The van der Waals surface area contributed by atoms with Crippen LogP contribution in [0.1, 0.15) is 149 Å². The van der Waals surface area contributed by atoms with E-state index in [1.807, 2.05) is 6.92 Å². The number of aliphatic carboxylic acids is 1. The molecule has 0 saturated carbocycles. The lowest BCUT2D eigenvalue weighted by Gasteiger charge is -2.20. The Labute approximate surface area is 259 Å². The van der Waals surface area contributed by atoms with Crippen LogP contribution in [0.15, 0.2) is 0 Å². The monoisotopic (exact) mass is 637 g/mol. The number of carboxylic acids is 1. The molecule has 0 bridgehead atoms. The molecule has 0 heterocycles. The number of ether oxygens (including phenoxy) is 2. The predicted molar refractivity (Wildman–Crippen MR) is 166 cm³/mol. The van der Waals surface area contributed by atoms with Gasteiger partial charge in [-0.3, -0.25) is 23.4 Å². The van der Waals surface area contributed by atoms with Gasteiger partial charge < -0.3 is 25.2 Å². The highest BCUT2D eigenvalue weighted by molar-refractivity contribution is 7.47. The number of esters is 2. The van der Waals surface area contributed by atoms with Gasteiger partial charge in [-0.25, -0.2) is 4.57 Å². The van der Waals surface area contributed by atoms with Crippen LogP contribution >= 0.6 is 7.82 Å². The molecule has 0 saturated heterocycles. The van der Waals surface area contributed by atoms with Crippen LogP contribution in [-0.2, 0) is 37.5 Å². The molecular formula is C31H60NO10P. The fraction of sp³-hybridized carbons (Fsp3) is 0.903. The number of carbonyl (C=O) groups excluding carboxylic acids is 2. The third-order valence-corrected chi connectivity index (χ3v) is 8.03. The van der Waals surface area contributed by atoms with Crippen molar-refractivity contribution < 1.29 is 47.5 Å². The highest BCUT2D eigenvalue weighted by Gasteiger charge is 2.28. The molecule has 0 rings (SSSR count). The number of carboxylic acid groups (broad SMARTS) is 1. The molecule has 43 heavy (non-hydrogen) atoms. The van der Waals surface area contributed by atoms with Crippen LogP contribution in [0.4, 0.5) is 0 Å². The van der Waals surface area contributed by atoms with Gasteiger partial charge in [0.1, 0.15) is 12.6 Å². The number of phosphoric acid groups is 1. The summed E-state index contributed by atoms with van der Waals surface area (Å²) in [6.07, 6.45) is 22.3. The summed E-state index contributed by atoms with van der Waals surface area (Å²) >= 11 is 0. The van der Waals surface area contributed by atoms with E-state index in [9.17, 15) is 23.8 Å². The molecular weight excluding hydrogens is 577 g/mol. The molecule has 4 N–H and O–H groups in total. The van der Waals surface area contributed by atoms with Gasteiger partial charge in [0.2, 0.25) is 0 Å². The Morgan fingerprint density at radius 2 is 1.07 bits per heavy atom. The first-order chi connectivity index (χ1) is 20.6. The maximum atomic E-state index is 12.3. The van der Waals surface area contributed by atoms with Crippen LogP contribution in [0.5, 0.6) is 0 Å².